The molecule has 1 atom stereocenters. The maximum atomic E-state index is 12.8. The van der Waals surface area contributed by atoms with E-state index in [-0.39, 0.29) is 17.8 Å². The van der Waals surface area contributed by atoms with Crippen molar-refractivity contribution >= 4 is 29.7 Å². The highest BCUT2D eigenvalue weighted by atomic mass is 32.2. The lowest BCUT2D eigenvalue weighted by Crippen LogP contribution is -2.56. The van der Waals surface area contributed by atoms with E-state index in [1.165, 1.54) is 6.26 Å². The van der Waals surface area contributed by atoms with Crippen molar-refractivity contribution in [2.24, 2.45) is 0 Å². The Kier molecular flexibility index (Phi) is 7.83. The van der Waals surface area contributed by atoms with Gasteiger partial charge in [0.2, 0.25) is 5.91 Å². The van der Waals surface area contributed by atoms with Crippen LogP contribution in [0.2, 0.25) is 0 Å². The molecular formula is C17H25N3O5S. The van der Waals surface area contributed by atoms with E-state index in [1.807, 2.05) is 6.26 Å². The lowest BCUT2D eigenvalue weighted by molar-refractivity contribution is -0.134. The number of nitrogens with one attached hydrogen (secondary N) is 1. The van der Waals surface area contributed by atoms with Gasteiger partial charge in [0, 0.05) is 26.2 Å². The molecule has 0 bridgehead atoms. The molecule has 1 saturated heterocycles. The fourth-order valence-electron chi connectivity index (χ4n) is 2.67. The van der Waals surface area contributed by atoms with Crippen molar-refractivity contribution in [2.75, 3.05) is 44.8 Å². The normalized spacial score (nSPS) is 15.5. The smallest absolute Gasteiger partial charge is 0.409 e. The number of amides is 3. The Labute approximate surface area is 157 Å². The lowest BCUT2D eigenvalue weighted by Gasteiger charge is -2.35. The fourth-order valence-corrected chi connectivity index (χ4v) is 3.15. The molecule has 0 aromatic carbocycles. The highest BCUT2D eigenvalue weighted by Gasteiger charge is 2.30. The van der Waals surface area contributed by atoms with Crippen LogP contribution in [0.15, 0.2) is 22.8 Å². The summed E-state index contributed by atoms with van der Waals surface area (Å²) >= 11 is 1.61. The highest BCUT2D eigenvalue weighted by molar-refractivity contribution is 7.98. The van der Waals surface area contributed by atoms with E-state index in [9.17, 15) is 14.4 Å². The molecule has 0 saturated carbocycles. The number of piperazine rings is 1. The number of thioether (sulfide) groups is 1. The van der Waals surface area contributed by atoms with E-state index in [4.69, 9.17) is 9.15 Å². The van der Waals surface area contributed by atoms with Crippen molar-refractivity contribution in [1.29, 1.82) is 0 Å². The van der Waals surface area contributed by atoms with Crippen LogP contribution in [-0.2, 0) is 9.53 Å². The first-order valence-corrected chi connectivity index (χ1v) is 10.00. The van der Waals surface area contributed by atoms with Crippen LogP contribution in [0.1, 0.15) is 23.9 Å². The second-order valence-corrected chi connectivity index (χ2v) is 6.78. The molecule has 2 heterocycles. The second-order valence-electron chi connectivity index (χ2n) is 5.80. The topological polar surface area (TPSA) is 92.1 Å². The van der Waals surface area contributed by atoms with Crippen molar-refractivity contribution in [1.82, 2.24) is 15.1 Å². The maximum Gasteiger partial charge on any atom is 0.409 e. The van der Waals surface area contributed by atoms with E-state index in [2.05, 4.69) is 5.32 Å². The molecule has 9 heteroatoms. The number of hydrogen-bond donors (Lipinski definition) is 1. The van der Waals surface area contributed by atoms with Gasteiger partial charge in [-0.25, -0.2) is 4.79 Å². The van der Waals surface area contributed by atoms with Gasteiger partial charge in [-0.2, -0.15) is 11.8 Å². The Balaban J connectivity index is 1.94. The molecule has 1 aromatic heterocycles. The van der Waals surface area contributed by atoms with Gasteiger partial charge in [0.25, 0.3) is 5.91 Å². The number of nitrogens with zero attached hydrogens (tertiary/aromatic N) is 2. The molecule has 1 aliphatic heterocycles. The summed E-state index contributed by atoms with van der Waals surface area (Å²) in [6.45, 7) is 3.77. The zero-order valence-electron chi connectivity index (χ0n) is 15.1. The van der Waals surface area contributed by atoms with Crippen molar-refractivity contribution in [3.63, 3.8) is 0 Å². The average Bonchev–Trinajstić information content (AvgIpc) is 3.19. The van der Waals surface area contributed by atoms with Crippen LogP contribution in [0.25, 0.3) is 0 Å². The minimum absolute atomic E-state index is 0.137. The van der Waals surface area contributed by atoms with E-state index in [1.54, 1.807) is 40.6 Å². The van der Waals surface area contributed by atoms with Crippen LogP contribution < -0.4 is 5.32 Å². The van der Waals surface area contributed by atoms with E-state index in [0.29, 0.717) is 39.2 Å². The van der Waals surface area contributed by atoms with Gasteiger partial charge in [-0.05, 0) is 37.5 Å². The standard InChI is InChI=1S/C17H25N3O5S/c1-3-24-17(23)20-9-7-19(8-10-20)16(22)13(6-12-26-2)18-15(21)14-5-4-11-25-14/h4-5,11,13H,3,6-10,12H2,1-2H3,(H,18,21)/t13-/m1/s1. The monoisotopic (exact) mass is 383 g/mol. The first kappa shape index (κ1) is 20.2. The van der Waals surface area contributed by atoms with Crippen LogP contribution >= 0.6 is 11.8 Å². The summed E-state index contributed by atoms with van der Waals surface area (Å²) in [5.41, 5.74) is 0. The lowest BCUT2D eigenvalue weighted by atomic mass is 10.1. The zero-order valence-corrected chi connectivity index (χ0v) is 15.9. The Hall–Kier alpha value is -2.16. The Morgan fingerprint density at radius 1 is 1.27 bits per heavy atom. The van der Waals surface area contributed by atoms with E-state index < -0.39 is 11.9 Å². The van der Waals surface area contributed by atoms with Crippen molar-refractivity contribution in [2.45, 2.75) is 19.4 Å². The van der Waals surface area contributed by atoms with Gasteiger partial charge in [0.15, 0.2) is 5.76 Å². The summed E-state index contributed by atoms with van der Waals surface area (Å²) in [7, 11) is 0. The molecule has 26 heavy (non-hydrogen) atoms. The van der Waals surface area contributed by atoms with Crippen LogP contribution in [0, 0.1) is 0 Å². The molecule has 2 rings (SSSR count). The third-order valence-electron chi connectivity index (χ3n) is 4.08. The van der Waals surface area contributed by atoms with Gasteiger partial charge in [0.1, 0.15) is 6.04 Å². The molecule has 1 aliphatic rings. The van der Waals surface area contributed by atoms with Crippen LogP contribution in [-0.4, -0.2) is 78.5 Å². The average molecular weight is 383 g/mol. The first-order chi connectivity index (χ1) is 12.6. The Morgan fingerprint density at radius 3 is 2.54 bits per heavy atom. The highest BCUT2D eigenvalue weighted by Crippen LogP contribution is 2.10. The van der Waals surface area contributed by atoms with Gasteiger partial charge in [-0.3, -0.25) is 9.59 Å². The summed E-state index contributed by atoms with van der Waals surface area (Å²) < 4.78 is 10.1. The fraction of sp³-hybridized carbons (Fsp3) is 0.588. The molecule has 0 spiro atoms. The molecule has 1 fully saturated rings. The number of hydrogen-bond acceptors (Lipinski definition) is 6. The molecule has 1 N–H and O–H groups in total. The van der Waals surface area contributed by atoms with Crippen LogP contribution in [0.3, 0.4) is 0 Å². The summed E-state index contributed by atoms with van der Waals surface area (Å²) in [5.74, 6) is 0.388. The summed E-state index contributed by atoms with van der Waals surface area (Å²) in [6, 6.07) is 2.57. The van der Waals surface area contributed by atoms with E-state index >= 15 is 0 Å². The molecule has 8 nitrogen and oxygen atoms in total. The zero-order chi connectivity index (χ0) is 18.9. The number of carbonyl (C=O) groups is 3. The van der Waals surface area contributed by atoms with Gasteiger partial charge in [0.05, 0.1) is 12.9 Å². The molecule has 1 aromatic rings. The molecule has 144 valence electrons. The van der Waals surface area contributed by atoms with Crippen molar-refractivity contribution in [3.05, 3.63) is 24.2 Å². The largest absolute Gasteiger partial charge is 0.459 e. The molecule has 0 radical (unpaired) electrons. The van der Waals surface area contributed by atoms with Crippen LogP contribution in [0.4, 0.5) is 4.79 Å². The minimum atomic E-state index is -0.616. The summed E-state index contributed by atoms with van der Waals surface area (Å²) in [6.07, 6.45) is 3.55. The number of carbonyl (C=O) groups excluding carboxylic acids is 3. The maximum absolute atomic E-state index is 12.8. The summed E-state index contributed by atoms with van der Waals surface area (Å²) in [5, 5.41) is 2.76. The number of ether oxygens (including phenoxy) is 1. The predicted molar refractivity (Wildman–Crippen MR) is 98.1 cm³/mol. The Morgan fingerprint density at radius 2 is 1.96 bits per heavy atom. The van der Waals surface area contributed by atoms with Crippen molar-refractivity contribution in [3.8, 4) is 0 Å². The van der Waals surface area contributed by atoms with Gasteiger partial charge >= 0.3 is 6.09 Å². The van der Waals surface area contributed by atoms with Crippen LogP contribution in [0.5, 0.6) is 0 Å². The summed E-state index contributed by atoms with van der Waals surface area (Å²) in [4.78, 5) is 40.1. The number of furan rings is 1. The molecular weight excluding hydrogens is 358 g/mol. The Bertz CT molecular complexity index is 600. The quantitative estimate of drug-likeness (QED) is 0.766. The predicted octanol–water partition coefficient (Wildman–Crippen LogP) is 1.43. The molecule has 0 aliphatic carbocycles. The third-order valence-corrected chi connectivity index (χ3v) is 4.72. The molecule has 0 unspecified atom stereocenters. The molecule has 3 amide bonds. The van der Waals surface area contributed by atoms with Gasteiger partial charge in [-0.15, -0.1) is 0 Å². The third kappa shape index (κ3) is 5.42. The second kappa shape index (κ2) is 10.1. The van der Waals surface area contributed by atoms with Gasteiger partial charge < -0.3 is 24.3 Å². The van der Waals surface area contributed by atoms with Crippen molar-refractivity contribution < 1.29 is 23.5 Å². The van der Waals surface area contributed by atoms with E-state index in [0.717, 1.165) is 5.75 Å². The SMILES string of the molecule is CCOC(=O)N1CCN(C(=O)[C@@H](CCSC)NC(=O)c2ccco2)CC1. The number of rotatable bonds is 7. The van der Waals surface area contributed by atoms with Gasteiger partial charge in [-0.1, -0.05) is 0 Å². The first-order valence-electron chi connectivity index (χ1n) is 8.60. The minimum Gasteiger partial charge on any atom is -0.459 e.